The summed E-state index contributed by atoms with van der Waals surface area (Å²) in [7, 11) is 0. The molecule has 8 nitrogen and oxygen atoms in total. The number of phenols is 1. The number of nitrogens with one attached hydrogen (secondary N) is 1. The summed E-state index contributed by atoms with van der Waals surface area (Å²) in [6, 6.07) is 6.33. The summed E-state index contributed by atoms with van der Waals surface area (Å²) < 4.78 is 10.7. The van der Waals surface area contributed by atoms with Gasteiger partial charge in [-0.05, 0) is 37.1 Å². The quantitative estimate of drug-likeness (QED) is 0.592. The van der Waals surface area contributed by atoms with Crippen molar-refractivity contribution in [3.05, 3.63) is 47.7 Å². The molecule has 0 bridgehead atoms. The van der Waals surface area contributed by atoms with E-state index in [0.29, 0.717) is 18.9 Å². The fourth-order valence-electron chi connectivity index (χ4n) is 2.96. The summed E-state index contributed by atoms with van der Waals surface area (Å²) in [6.45, 7) is 4.96. The Morgan fingerprint density at radius 3 is 2.78 bits per heavy atom. The van der Waals surface area contributed by atoms with Gasteiger partial charge in [-0.1, -0.05) is 12.1 Å². The molecule has 1 fully saturated rings. The largest absolute Gasteiger partial charge is 0.508 e. The molecule has 1 aliphatic rings. The van der Waals surface area contributed by atoms with Gasteiger partial charge in [0.25, 0.3) is 5.91 Å². The molecular formula is C19H26N4O4. The molecule has 1 amide bonds. The average Bonchev–Trinajstić information content (AvgIpc) is 3.18. The predicted octanol–water partition coefficient (Wildman–Crippen LogP) is 1.07. The van der Waals surface area contributed by atoms with E-state index >= 15 is 0 Å². The lowest BCUT2D eigenvalue weighted by atomic mass is 10.1. The number of aromatic nitrogens is 1. The van der Waals surface area contributed by atoms with Crippen LogP contribution in [0.5, 0.6) is 5.75 Å². The van der Waals surface area contributed by atoms with Crippen LogP contribution in [-0.4, -0.2) is 60.3 Å². The van der Waals surface area contributed by atoms with E-state index in [9.17, 15) is 9.90 Å². The molecule has 1 saturated heterocycles. The molecule has 1 unspecified atom stereocenters. The van der Waals surface area contributed by atoms with Crippen LogP contribution in [0, 0.1) is 0 Å². The summed E-state index contributed by atoms with van der Waals surface area (Å²) in [6.07, 6.45) is 2.71. The third-order valence-corrected chi connectivity index (χ3v) is 4.50. The van der Waals surface area contributed by atoms with Crippen molar-refractivity contribution in [3.63, 3.8) is 0 Å². The van der Waals surface area contributed by atoms with Crippen LogP contribution in [0.15, 0.2) is 34.9 Å². The minimum absolute atomic E-state index is 0.205. The smallest absolute Gasteiger partial charge is 0.273 e. The van der Waals surface area contributed by atoms with Gasteiger partial charge in [0, 0.05) is 19.6 Å². The van der Waals surface area contributed by atoms with Crippen LogP contribution >= 0.6 is 0 Å². The normalized spacial score (nSPS) is 16.2. The van der Waals surface area contributed by atoms with Crippen molar-refractivity contribution in [1.82, 2.24) is 15.2 Å². The van der Waals surface area contributed by atoms with E-state index < -0.39 is 6.04 Å². The monoisotopic (exact) mass is 374 g/mol. The van der Waals surface area contributed by atoms with E-state index in [2.05, 4.69) is 15.2 Å². The summed E-state index contributed by atoms with van der Waals surface area (Å²) in [5.74, 6) is 0.265. The number of amides is 1. The van der Waals surface area contributed by atoms with Crippen LogP contribution in [0.25, 0.3) is 0 Å². The number of nitrogens with two attached hydrogens (primary N) is 1. The number of hydrogen-bond acceptors (Lipinski definition) is 7. The maximum Gasteiger partial charge on any atom is 0.273 e. The van der Waals surface area contributed by atoms with Crippen molar-refractivity contribution >= 4 is 5.91 Å². The Morgan fingerprint density at radius 1 is 1.30 bits per heavy atom. The van der Waals surface area contributed by atoms with Crippen molar-refractivity contribution in [3.8, 4) is 5.75 Å². The number of benzene rings is 1. The molecule has 1 aliphatic heterocycles. The molecule has 0 radical (unpaired) electrons. The first-order valence-corrected chi connectivity index (χ1v) is 9.19. The first-order chi connectivity index (χ1) is 13.1. The second-order valence-corrected chi connectivity index (χ2v) is 6.61. The van der Waals surface area contributed by atoms with E-state index in [4.69, 9.17) is 14.9 Å². The van der Waals surface area contributed by atoms with E-state index in [-0.39, 0.29) is 17.4 Å². The maximum atomic E-state index is 12.2. The molecule has 2 aromatic rings. The summed E-state index contributed by atoms with van der Waals surface area (Å²) in [4.78, 5) is 18.7. The van der Waals surface area contributed by atoms with Gasteiger partial charge in [0.1, 0.15) is 12.0 Å². The molecule has 1 aromatic heterocycles. The van der Waals surface area contributed by atoms with Crippen molar-refractivity contribution in [2.24, 2.45) is 5.73 Å². The average molecular weight is 374 g/mol. The molecule has 8 heteroatoms. The molecule has 27 heavy (non-hydrogen) atoms. The lowest BCUT2D eigenvalue weighted by Gasteiger charge is -2.26. The highest BCUT2D eigenvalue weighted by molar-refractivity contribution is 5.91. The molecule has 0 aliphatic carbocycles. The van der Waals surface area contributed by atoms with Crippen molar-refractivity contribution in [2.45, 2.75) is 18.9 Å². The number of aromatic hydroxyl groups is 1. The molecule has 0 saturated carbocycles. The SMILES string of the molecule is NC(Cc1ccc(O)cc1)c1nc(C(=O)NCCCN2CCOCC2)co1. The molecule has 1 atom stereocenters. The summed E-state index contributed by atoms with van der Waals surface area (Å²) >= 11 is 0. The lowest BCUT2D eigenvalue weighted by Crippen LogP contribution is -2.38. The zero-order valence-electron chi connectivity index (χ0n) is 15.3. The first-order valence-electron chi connectivity index (χ1n) is 9.19. The van der Waals surface area contributed by atoms with Gasteiger partial charge in [0.15, 0.2) is 5.69 Å². The molecular weight excluding hydrogens is 348 g/mol. The number of phenolic OH excluding ortho intramolecular Hbond substituents is 1. The third-order valence-electron chi connectivity index (χ3n) is 4.50. The number of morpholine rings is 1. The minimum Gasteiger partial charge on any atom is -0.508 e. The van der Waals surface area contributed by atoms with Crippen molar-refractivity contribution in [2.75, 3.05) is 39.4 Å². The number of hydrogen-bond donors (Lipinski definition) is 3. The number of rotatable bonds is 8. The van der Waals surface area contributed by atoms with Gasteiger partial charge in [0.2, 0.25) is 5.89 Å². The van der Waals surface area contributed by atoms with Gasteiger partial charge in [-0.2, -0.15) is 0 Å². The van der Waals surface area contributed by atoms with Crippen LogP contribution in [0.1, 0.15) is 34.4 Å². The van der Waals surface area contributed by atoms with Crippen molar-refractivity contribution in [1.29, 1.82) is 0 Å². The standard InChI is InChI=1S/C19H26N4O4/c20-16(12-14-2-4-15(24)5-3-14)19-22-17(13-27-19)18(25)21-6-1-7-23-8-10-26-11-9-23/h2-5,13,16,24H,1,6-12,20H2,(H,21,25). The fourth-order valence-corrected chi connectivity index (χ4v) is 2.96. The number of nitrogens with zero attached hydrogens (tertiary/aromatic N) is 2. The number of ether oxygens (including phenoxy) is 1. The first kappa shape index (κ1) is 19.3. The highest BCUT2D eigenvalue weighted by atomic mass is 16.5. The van der Waals surface area contributed by atoms with Gasteiger partial charge in [-0.25, -0.2) is 4.98 Å². The van der Waals surface area contributed by atoms with Crippen LogP contribution < -0.4 is 11.1 Å². The van der Waals surface area contributed by atoms with E-state index in [1.807, 2.05) is 0 Å². The van der Waals surface area contributed by atoms with Gasteiger partial charge in [-0.15, -0.1) is 0 Å². The van der Waals surface area contributed by atoms with E-state index in [0.717, 1.165) is 44.8 Å². The molecule has 2 heterocycles. The number of oxazole rings is 1. The Labute approximate surface area is 158 Å². The topological polar surface area (TPSA) is 114 Å². The third kappa shape index (κ3) is 5.78. The highest BCUT2D eigenvalue weighted by Crippen LogP contribution is 2.18. The Balaban J connectivity index is 1.43. The zero-order valence-corrected chi connectivity index (χ0v) is 15.3. The van der Waals surface area contributed by atoms with E-state index in [1.54, 1.807) is 24.3 Å². The number of carbonyl (C=O) groups is 1. The summed E-state index contributed by atoms with van der Waals surface area (Å²) in [5.41, 5.74) is 7.30. The molecule has 0 spiro atoms. The van der Waals surface area contributed by atoms with Crippen molar-refractivity contribution < 1.29 is 19.1 Å². The molecule has 1 aromatic carbocycles. The predicted molar refractivity (Wildman–Crippen MR) is 99.5 cm³/mol. The fraction of sp³-hybridized carbons (Fsp3) is 0.474. The number of carbonyl (C=O) groups excluding carboxylic acids is 1. The van der Waals surface area contributed by atoms with Crippen LogP contribution in [0.4, 0.5) is 0 Å². The second-order valence-electron chi connectivity index (χ2n) is 6.61. The van der Waals surface area contributed by atoms with Gasteiger partial charge >= 0.3 is 0 Å². The van der Waals surface area contributed by atoms with Gasteiger partial charge in [-0.3, -0.25) is 9.69 Å². The van der Waals surface area contributed by atoms with Gasteiger partial charge in [0.05, 0.1) is 19.3 Å². The van der Waals surface area contributed by atoms with Crippen LogP contribution in [0.3, 0.4) is 0 Å². The Hall–Kier alpha value is -2.42. The van der Waals surface area contributed by atoms with Gasteiger partial charge < -0.3 is 25.3 Å². The molecule has 3 rings (SSSR count). The second kappa shape index (κ2) is 9.50. The van der Waals surface area contributed by atoms with Crippen LogP contribution in [-0.2, 0) is 11.2 Å². The Bertz CT molecular complexity index is 726. The highest BCUT2D eigenvalue weighted by Gasteiger charge is 2.17. The zero-order chi connectivity index (χ0) is 19.1. The minimum atomic E-state index is -0.461. The lowest BCUT2D eigenvalue weighted by molar-refractivity contribution is 0.0374. The maximum absolute atomic E-state index is 12.2. The van der Waals surface area contributed by atoms with E-state index in [1.165, 1.54) is 6.26 Å². The summed E-state index contributed by atoms with van der Waals surface area (Å²) in [5, 5.41) is 12.2. The van der Waals surface area contributed by atoms with Crippen LogP contribution in [0.2, 0.25) is 0 Å². The Morgan fingerprint density at radius 2 is 2.04 bits per heavy atom. The molecule has 4 N–H and O–H groups in total. The molecule has 146 valence electrons. The Kier molecular flexibility index (Phi) is 6.80.